The van der Waals surface area contributed by atoms with Gasteiger partial charge in [0.15, 0.2) is 5.78 Å². The first kappa shape index (κ1) is 19.2. The molecule has 0 unspecified atom stereocenters. The number of carbonyl (C=O) groups is 1. The molecule has 0 N–H and O–H groups in total. The third-order valence-electron chi connectivity index (χ3n) is 5.84. The standard InChI is InChI=1S/C24H30N2O2/c27-24(19-26-16-12-20-6-1-2-7-22(20)18-26)21-8-10-23(11-9-21)28-17-5-15-25-13-3-4-14-25/h1-2,6-11H,3-5,12-19H2. The fourth-order valence-corrected chi connectivity index (χ4v) is 4.20. The smallest absolute Gasteiger partial charge is 0.176 e. The Hall–Kier alpha value is -2.17. The number of ketones is 1. The van der Waals surface area contributed by atoms with Crippen LogP contribution in [0.25, 0.3) is 0 Å². The summed E-state index contributed by atoms with van der Waals surface area (Å²) in [5.41, 5.74) is 3.53. The molecule has 0 bridgehead atoms. The maximum Gasteiger partial charge on any atom is 0.176 e. The van der Waals surface area contributed by atoms with Gasteiger partial charge in [0.05, 0.1) is 13.2 Å². The minimum absolute atomic E-state index is 0.181. The molecular formula is C24H30N2O2. The van der Waals surface area contributed by atoms with Gasteiger partial charge in [-0.15, -0.1) is 0 Å². The van der Waals surface area contributed by atoms with Gasteiger partial charge in [-0.3, -0.25) is 9.69 Å². The van der Waals surface area contributed by atoms with E-state index in [2.05, 4.69) is 34.1 Å². The Kier molecular flexibility index (Phi) is 6.40. The van der Waals surface area contributed by atoms with Crippen LogP contribution in [0.15, 0.2) is 48.5 Å². The lowest BCUT2D eigenvalue weighted by Gasteiger charge is -2.28. The van der Waals surface area contributed by atoms with Crippen LogP contribution in [0.2, 0.25) is 0 Å². The van der Waals surface area contributed by atoms with Crippen molar-refractivity contribution in [2.24, 2.45) is 0 Å². The second kappa shape index (κ2) is 9.35. The van der Waals surface area contributed by atoms with Crippen molar-refractivity contribution in [2.45, 2.75) is 32.2 Å². The molecule has 4 nitrogen and oxygen atoms in total. The molecule has 0 aromatic heterocycles. The van der Waals surface area contributed by atoms with E-state index in [9.17, 15) is 4.79 Å². The molecule has 1 saturated heterocycles. The van der Waals surface area contributed by atoms with Crippen LogP contribution in [0.1, 0.15) is 40.7 Å². The Balaban J connectivity index is 1.22. The molecule has 28 heavy (non-hydrogen) atoms. The van der Waals surface area contributed by atoms with Gasteiger partial charge in [0.1, 0.15) is 5.75 Å². The Morgan fingerprint density at radius 3 is 2.43 bits per heavy atom. The average Bonchev–Trinajstić information content (AvgIpc) is 3.25. The molecule has 2 aromatic carbocycles. The third-order valence-corrected chi connectivity index (χ3v) is 5.84. The maximum absolute atomic E-state index is 12.7. The molecule has 4 rings (SSSR count). The van der Waals surface area contributed by atoms with E-state index in [0.29, 0.717) is 6.54 Å². The number of carbonyl (C=O) groups excluding carboxylic acids is 1. The van der Waals surface area contributed by atoms with Crippen molar-refractivity contribution in [2.75, 3.05) is 39.3 Å². The predicted molar refractivity (Wildman–Crippen MR) is 112 cm³/mol. The van der Waals surface area contributed by atoms with Crippen molar-refractivity contribution >= 4 is 5.78 Å². The van der Waals surface area contributed by atoms with Crippen LogP contribution >= 0.6 is 0 Å². The van der Waals surface area contributed by atoms with Crippen molar-refractivity contribution in [3.63, 3.8) is 0 Å². The summed E-state index contributed by atoms with van der Waals surface area (Å²) < 4.78 is 5.84. The van der Waals surface area contributed by atoms with Gasteiger partial charge >= 0.3 is 0 Å². The first-order valence-corrected chi connectivity index (χ1v) is 10.6. The van der Waals surface area contributed by atoms with E-state index in [0.717, 1.165) is 50.4 Å². The van der Waals surface area contributed by atoms with E-state index in [1.807, 2.05) is 24.3 Å². The molecule has 0 atom stereocenters. The lowest BCUT2D eigenvalue weighted by molar-refractivity contribution is 0.0921. The van der Waals surface area contributed by atoms with Gasteiger partial charge in [0, 0.05) is 25.2 Å². The minimum Gasteiger partial charge on any atom is -0.494 e. The van der Waals surface area contributed by atoms with Gasteiger partial charge in [0.25, 0.3) is 0 Å². The Morgan fingerprint density at radius 2 is 1.64 bits per heavy atom. The Morgan fingerprint density at radius 1 is 0.893 bits per heavy atom. The van der Waals surface area contributed by atoms with Crippen molar-refractivity contribution in [3.05, 3.63) is 65.2 Å². The first-order chi connectivity index (χ1) is 13.8. The summed E-state index contributed by atoms with van der Waals surface area (Å²) >= 11 is 0. The second-order valence-electron chi connectivity index (χ2n) is 7.93. The van der Waals surface area contributed by atoms with E-state index in [1.54, 1.807) is 0 Å². The highest BCUT2D eigenvalue weighted by Gasteiger charge is 2.18. The summed E-state index contributed by atoms with van der Waals surface area (Å²) in [5.74, 6) is 1.03. The highest BCUT2D eigenvalue weighted by atomic mass is 16.5. The predicted octanol–water partition coefficient (Wildman–Crippen LogP) is 3.79. The first-order valence-electron chi connectivity index (χ1n) is 10.6. The van der Waals surface area contributed by atoms with E-state index in [1.165, 1.54) is 37.1 Å². The van der Waals surface area contributed by atoms with Crippen LogP contribution in [0.4, 0.5) is 0 Å². The molecule has 2 aliphatic heterocycles. The number of ether oxygens (including phenoxy) is 1. The highest BCUT2D eigenvalue weighted by molar-refractivity contribution is 5.97. The van der Waals surface area contributed by atoms with Gasteiger partial charge < -0.3 is 9.64 Å². The lowest BCUT2D eigenvalue weighted by atomic mass is 9.99. The van der Waals surface area contributed by atoms with Crippen molar-refractivity contribution < 1.29 is 9.53 Å². The van der Waals surface area contributed by atoms with Gasteiger partial charge in [-0.05, 0) is 74.2 Å². The van der Waals surface area contributed by atoms with Crippen LogP contribution in [-0.4, -0.2) is 54.9 Å². The molecule has 1 fully saturated rings. The lowest BCUT2D eigenvalue weighted by Crippen LogP contribution is -2.34. The molecule has 0 aliphatic carbocycles. The monoisotopic (exact) mass is 378 g/mol. The van der Waals surface area contributed by atoms with E-state index in [-0.39, 0.29) is 5.78 Å². The van der Waals surface area contributed by atoms with Gasteiger partial charge in [0.2, 0.25) is 0 Å². The number of likely N-dealkylation sites (tertiary alicyclic amines) is 1. The maximum atomic E-state index is 12.7. The second-order valence-corrected chi connectivity index (χ2v) is 7.93. The van der Waals surface area contributed by atoms with Crippen LogP contribution in [0.5, 0.6) is 5.75 Å². The summed E-state index contributed by atoms with van der Waals surface area (Å²) in [6.07, 6.45) is 4.74. The Labute approximate surface area is 168 Å². The quantitative estimate of drug-likeness (QED) is 0.517. The summed E-state index contributed by atoms with van der Waals surface area (Å²) in [7, 11) is 0. The minimum atomic E-state index is 0.181. The van der Waals surface area contributed by atoms with Gasteiger partial charge in [-0.1, -0.05) is 24.3 Å². The van der Waals surface area contributed by atoms with Crippen molar-refractivity contribution in [1.82, 2.24) is 9.80 Å². The fourth-order valence-electron chi connectivity index (χ4n) is 4.20. The molecule has 0 spiro atoms. The molecule has 0 radical (unpaired) electrons. The molecule has 2 aliphatic rings. The van der Waals surface area contributed by atoms with Crippen molar-refractivity contribution in [1.29, 1.82) is 0 Å². The summed E-state index contributed by atoms with van der Waals surface area (Å²) in [6, 6.07) is 16.2. The number of fused-ring (bicyclic) bond motifs is 1. The Bertz CT molecular complexity index is 781. The van der Waals surface area contributed by atoms with Crippen LogP contribution in [0, 0.1) is 0 Å². The van der Waals surface area contributed by atoms with Crippen LogP contribution in [-0.2, 0) is 13.0 Å². The summed E-state index contributed by atoms with van der Waals surface area (Å²) in [4.78, 5) is 17.4. The van der Waals surface area contributed by atoms with E-state index >= 15 is 0 Å². The number of Topliss-reactive ketones (excluding diaryl/α,β-unsaturated/α-hetero) is 1. The zero-order chi connectivity index (χ0) is 19.2. The van der Waals surface area contributed by atoms with Crippen LogP contribution < -0.4 is 4.74 Å². The average molecular weight is 379 g/mol. The molecular weight excluding hydrogens is 348 g/mol. The normalized spacial score (nSPS) is 17.4. The van der Waals surface area contributed by atoms with Gasteiger partial charge in [-0.2, -0.15) is 0 Å². The fraction of sp³-hybridized carbons (Fsp3) is 0.458. The zero-order valence-electron chi connectivity index (χ0n) is 16.6. The van der Waals surface area contributed by atoms with Crippen molar-refractivity contribution in [3.8, 4) is 5.75 Å². The highest BCUT2D eigenvalue weighted by Crippen LogP contribution is 2.19. The molecule has 0 amide bonds. The molecule has 4 heteroatoms. The zero-order valence-corrected chi connectivity index (χ0v) is 16.6. The van der Waals surface area contributed by atoms with Crippen LogP contribution in [0.3, 0.4) is 0 Å². The molecule has 148 valence electrons. The topological polar surface area (TPSA) is 32.8 Å². The number of hydrogen-bond acceptors (Lipinski definition) is 4. The summed E-state index contributed by atoms with van der Waals surface area (Å²) in [5, 5.41) is 0. The molecule has 2 aromatic rings. The molecule has 2 heterocycles. The number of benzene rings is 2. The SMILES string of the molecule is O=C(CN1CCc2ccccc2C1)c1ccc(OCCCN2CCCC2)cc1. The number of nitrogens with zero attached hydrogens (tertiary/aromatic N) is 2. The third kappa shape index (κ3) is 5.00. The number of rotatable bonds is 8. The largest absolute Gasteiger partial charge is 0.494 e. The van der Waals surface area contributed by atoms with E-state index < -0.39 is 0 Å². The molecule has 0 saturated carbocycles. The van der Waals surface area contributed by atoms with Gasteiger partial charge in [-0.25, -0.2) is 0 Å². The number of hydrogen-bond donors (Lipinski definition) is 0. The summed E-state index contributed by atoms with van der Waals surface area (Å²) in [6.45, 7) is 6.61. The van der Waals surface area contributed by atoms with E-state index in [4.69, 9.17) is 4.74 Å².